The maximum absolute atomic E-state index is 13.2. The van der Waals surface area contributed by atoms with Crippen LogP contribution in [0.25, 0.3) is 11.0 Å². The van der Waals surface area contributed by atoms with Gasteiger partial charge in [-0.1, -0.05) is 18.9 Å². The molecular weight excluding hydrogens is 532 g/mol. The van der Waals surface area contributed by atoms with Crippen LogP contribution in [-0.4, -0.2) is 81.5 Å². The van der Waals surface area contributed by atoms with E-state index < -0.39 is 9.84 Å². The third-order valence-electron chi connectivity index (χ3n) is 8.05. The summed E-state index contributed by atoms with van der Waals surface area (Å²) in [5.41, 5.74) is 1.52. The van der Waals surface area contributed by atoms with Gasteiger partial charge in [-0.2, -0.15) is 4.98 Å². The fraction of sp³-hybridized carbons (Fsp3) is 0.536. The number of pyridine rings is 2. The van der Waals surface area contributed by atoms with Crippen LogP contribution < -0.4 is 10.9 Å². The first-order valence-electron chi connectivity index (χ1n) is 13.9. The molecule has 0 atom stereocenters. The van der Waals surface area contributed by atoms with Gasteiger partial charge in [0.2, 0.25) is 5.95 Å². The summed E-state index contributed by atoms with van der Waals surface area (Å²) in [6, 6.07) is 5.53. The molecule has 1 saturated carbocycles. The number of rotatable bonds is 10. The zero-order valence-electron chi connectivity index (χ0n) is 22.8. The Morgan fingerprint density at radius 2 is 1.82 bits per heavy atom. The lowest BCUT2D eigenvalue weighted by Gasteiger charge is -2.32. The molecule has 214 valence electrons. The quantitative estimate of drug-likeness (QED) is 0.350. The van der Waals surface area contributed by atoms with E-state index in [0.29, 0.717) is 35.3 Å². The summed E-state index contributed by atoms with van der Waals surface area (Å²) >= 11 is 0. The van der Waals surface area contributed by atoms with Crippen molar-refractivity contribution in [1.82, 2.24) is 24.4 Å². The van der Waals surface area contributed by atoms with Crippen LogP contribution in [0.15, 0.2) is 35.4 Å². The van der Waals surface area contributed by atoms with Crippen molar-refractivity contribution < 1.29 is 18.3 Å². The summed E-state index contributed by atoms with van der Waals surface area (Å²) in [6.07, 6.45) is 9.18. The number of nitrogens with one attached hydrogen (secondary N) is 1. The van der Waals surface area contributed by atoms with E-state index in [-0.39, 0.29) is 41.1 Å². The van der Waals surface area contributed by atoms with Gasteiger partial charge in [-0.25, -0.2) is 18.4 Å². The molecule has 5 rings (SSSR count). The van der Waals surface area contributed by atoms with Gasteiger partial charge in [-0.3, -0.25) is 14.2 Å². The molecule has 1 saturated heterocycles. The van der Waals surface area contributed by atoms with Gasteiger partial charge >= 0.3 is 0 Å². The molecule has 0 amide bonds. The smallest absolute Gasteiger partial charge is 0.263 e. The predicted molar refractivity (Wildman–Crippen MR) is 153 cm³/mol. The summed E-state index contributed by atoms with van der Waals surface area (Å²) in [5, 5.41) is 12.7. The van der Waals surface area contributed by atoms with Gasteiger partial charge in [-0.15, -0.1) is 0 Å². The second-order valence-electron chi connectivity index (χ2n) is 10.8. The minimum atomic E-state index is -3.20. The Morgan fingerprint density at radius 3 is 2.48 bits per heavy atom. The Kier molecular flexibility index (Phi) is 8.57. The number of Topliss-reactive ketones (excluding diaryl/α,β-unsaturated/α-hetero) is 1. The molecule has 3 aromatic heterocycles. The highest BCUT2D eigenvalue weighted by atomic mass is 32.2. The van der Waals surface area contributed by atoms with E-state index in [1.807, 2.05) is 18.3 Å². The van der Waals surface area contributed by atoms with Crippen molar-refractivity contribution in [3.63, 3.8) is 0 Å². The van der Waals surface area contributed by atoms with E-state index in [2.05, 4.69) is 25.2 Å². The van der Waals surface area contributed by atoms with Gasteiger partial charge in [0.1, 0.15) is 11.5 Å². The summed E-state index contributed by atoms with van der Waals surface area (Å²) in [7, 11) is -3.20. The zero-order chi connectivity index (χ0) is 28.3. The van der Waals surface area contributed by atoms with Gasteiger partial charge in [0, 0.05) is 30.4 Å². The highest BCUT2D eigenvalue weighted by Gasteiger charge is 2.25. The molecule has 0 spiro atoms. The molecule has 2 fully saturated rings. The van der Waals surface area contributed by atoms with Gasteiger partial charge in [0.25, 0.3) is 5.56 Å². The fourth-order valence-corrected chi connectivity index (χ4v) is 6.79. The van der Waals surface area contributed by atoms with Crippen molar-refractivity contribution in [3.8, 4) is 0 Å². The third-order valence-corrected chi connectivity index (χ3v) is 9.66. The van der Waals surface area contributed by atoms with E-state index >= 15 is 0 Å². The lowest BCUT2D eigenvalue weighted by Crippen LogP contribution is -2.36. The highest BCUT2D eigenvalue weighted by Crippen LogP contribution is 2.31. The number of likely N-dealkylation sites (tertiary alicyclic amines) is 1. The molecule has 11 nitrogen and oxygen atoms in total. The lowest BCUT2D eigenvalue weighted by atomic mass is 9.90. The Morgan fingerprint density at radius 1 is 1.07 bits per heavy atom. The summed E-state index contributed by atoms with van der Waals surface area (Å²) in [4.78, 5) is 41.2. The topological polar surface area (TPSA) is 147 Å². The molecule has 0 bridgehead atoms. The van der Waals surface area contributed by atoms with E-state index in [1.165, 1.54) is 6.92 Å². The van der Waals surface area contributed by atoms with E-state index in [1.54, 1.807) is 16.8 Å². The molecular formula is C28H36N6O5S. The summed E-state index contributed by atoms with van der Waals surface area (Å²) in [5.74, 6) is 0.900. The molecule has 0 unspecified atom stereocenters. The number of anilines is 2. The van der Waals surface area contributed by atoms with Crippen molar-refractivity contribution >= 4 is 38.4 Å². The number of aliphatic hydroxyl groups excluding tert-OH is 1. The molecule has 1 aliphatic heterocycles. The Balaban J connectivity index is 1.26. The molecule has 12 heteroatoms. The van der Waals surface area contributed by atoms with Crippen LogP contribution in [0.2, 0.25) is 0 Å². The monoisotopic (exact) mass is 568 g/mol. The molecule has 40 heavy (non-hydrogen) atoms. The number of piperidine rings is 1. The number of ketones is 1. The zero-order valence-corrected chi connectivity index (χ0v) is 23.6. The van der Waals surface area contributed by atoms with Gasteiger partial charge in [-0.05, 0) is 69.3 Å². The van der Waals surface area contributed by atoms with E-state index in [0.717, 1.165) is 57.2 Å². The highest BCUT2D eigenvalue weighted by molar-refractivity contribution is 7.91. The number of aliphatic hydroxyl groups is 1. The van der Waals surface area contributed by atoms with E-state index in [4.69, 9.17) is 5.11 Å². The average molecular weight is 569 g/mol. The van der Waals surface area contributed by atoms with Crippen molar-refractivity contribution in [2.24, 2.45) is 0 Å². The van der Waals surface area contributed by atoms with Gasteiger partial charge in [0.05, 0.1) is 23.7 Å². The first-order chi connectivity index (χ1) is 19.2. The molecule has 0 aromatic carbocycles. The summed E-state index contributed by atoms with van der Waals surface area (Å²) < 4.78 is 25.4. The van der Waals surface area contributed by atoms with Crippen LogP contribution in [0.3, 0.4) is 0 Å². The number of nitrogens with zero attached hydrogens (tertiary/aromatic N) is 5. The number of hydrogen-bond acceptors (Lipinski definition) is 10. The van der Waals surface area contributed by atoms with Crippen molar-refractivity contribution in [1.29, 1.82) is 0 Å². The molecule has 3 aromatic rings. The standard InChI is InChI=1S/C28H36N6O5S/c1-19(36)24-16-22-18-30-28(32-26(22)34(27(24)37)23-4-2-3-5-23)31-25-7-6-21(17-29-25)20-8-10-33(11-9-20)12-14-40(38,39)15-13-35/h6-7,16-18,20,23,35H,2-5,8-15H2,1H3,(H,29,30,31,32). The minimum absolute atomic E-state index is 0.0193. The maximum Gasteiger partial charge on any atom is 0.263 e. The molecule has 0 radical (unpaired) electrons. The average Bonchev–Trinajstić information content (AvgIpc) is 3.47. The van der Waals surface area contributed by atoms with Crippen LogP contribution in [0.5, 0.6) is 0 Å². The van der Waals surface area contributed by atoms with Gasteiger partial charge in [0.15, 0.2) is 15.6 Å². The Labute approximate surface area is 233 Å². The summed E-state index contributed by atoms with van der Waals surface area (Å²) in [6.45, 7) is 3.20. The number of hydrogen-bond donors (Lipinski definition) is 2. The maximum atomic E-state index is 13.2. The number of fused-ring (bicyclic) bond motifs is 1. The second-order valence-corrected chi connectivity index (χ2v) is 13.1. The molecule has 4 heterocycles. The normalized spacial score (nSPS) is 17.4. The van der Waals surface area contributed by atoms with Crippen LogP contribution >= 0.6 is 0 Å². The molecule has 2 N–H and O–H groups in total. The van der Waals surface area contributed by atoms with Crippen molar-refractivity contribution in [3.05, 3.63) is 52.1 Å². The van der Waals surface area contributed by atoms with E-state index in [9.17, 15) is 18.0 Å². The third kappa shape index (κ3) is 6.39. The predicted octanol–water partition coefficient (Wildman–Crippen LogP) is 2.83. The fourth-order valence-electron chi connectivity index (χ4n) is 5.77. The Bertz CT molecular complexity index is 1530. The van der Waals surface area contributed by atoms with Crippen molar-refractivity contribution in [2.45, 2.75) is 57.4 Å². The van der Waals surface area contributed by atoms with Crippen LogP contribution in [0.4, 0.5) is 11.8 Å². The first-order valence-corrected chi connectivity index (χ1v) is 15.8. The number of sulfone groups is 1. The Hall–Kier alpha value is -3.22. The van der Waals surface area contributed by atoms with Crippen LogP contribution in [0, 0.1) is 0 Å². The van der Waals surface area contributed by atoms with Crippen LogP contribution in [0.1, 0.15) is 73.3 Å². The second kappa shape index (κ2) is 12.1. The first kappa shape index (κ1) is 28.3. The lowest BCUT2D eigenvalue weighted by molar-refractivity contribution is 0.101. The largest absolute Gasteiger partial charge is 0.395 e. The number of carbonyl (C=O) groups excluding carboxylic acids is 1. The van der Waals surface area contributed by atoms with Gasteiger partial charge < -0.3 is 15.3 Å². The minimum Gasteiger partial charge on any atom is -0.395 e. The molecule has 2 aliphatic rings. The molecule has 1 aliphatic carbocycles. The number of carbonyl (C=O) groups is 1. The van der Waals surface area contributed by atoms with Crippen molar-refractivity contribution in [2.75, 3.05) is 43.1 Å². The van der Waals surface area contributed by atoms with Crippen LogP contribution in [-0.2, 0) is 9.84 Å². The number of aromatic nitrogens is 4. The SMILES string of the molecule is CC(=O)c1cc2cnc(Nc3ccc(C4CCN(CCS(=O)(=O)CCO)CC4)cn3)nc2n(C2CCCC2)c1=O.